The van der Waals surface area contributed by atoms with Crippen LogP contribution in [0.5, 0.6) is 0 Å². The van der Waals surface area contributed by atoms with Crippen LogP contribution in [0.4, 0.5) is 0 Å². The van der Waals surface area contributed by atoms with Gasteiger partial charge in [0.25, 0.3) is 0 Å². The summed E-state index contributed by atoms with van der Waals surface area (Å²) < 4.78 is 12.4. The molecule has 2 aliphatic rings. The van der Waals surface area contributed by atoms with Gasteiger partial charge in [-0.3, -0.25) is 4.79 Å². The van der Waals surface area contributed by atoms with Gasteiger partial charge < -0.3 is 29.5 Å². The van der Waals surface area contributed by atoms with Crippen molar-refractivity contribution < 1.29 is 50.0 Å². The minimum atomic E-state index is -0.460. The number of nitrogens with zero attached hydrogens (tertiary/aromatic N) is 3. The van der Waals surface area contributed by atoms with Crippen LogP contribution in [0.25, 0.3) is 22.2 Å². The predicted octanol–water partition coefficient (Wildman–Crippen LogP) is 5.08. The molecule has 2 aromatic heterocycles. The predicted molar refractivity (Wildman–Crippen MR) is 121 cm³/mol. The summed E-state index contributed by atoms with van der Waals surface area (Å²) >= 11 is 0. The maximum absolute atomic E-state index is 13.2. The van der Waals surface area contributed by atoms with E-state index in [0.29, 0.717) is 41.2 Å². The van der Waals surface area contributed by atoms with Crippen molar-refractivity contribution in [3.8, 4) is 11.1 Å². The number of ketones is 1. The zero-order chi connectivity index (χ0) is 23.0. The molecule has 8 heteroatoms. The number of rotatable bonds is 5. The van der Waals surface area contributed by atoms with Crippen LogP contribution in [0.1, 0.15) is 80.0 Å². The van der Waals surface area contributed by atoms with E-state index in [0.717, 1.165) is 36.1 Å². The van der Waals surface area contributed by atoms with Gasteiger partial charge in [-0.25, -0.2) is 0 Å². The number of fused-ring (bicyclic) bond motifs is 1. The molecule has 1 aromatic carbocycles. The van der Waals surface area contributed by atoms with Crippen LogP contribution < -0.4 is 0 Å². The van der Waals surface area contributed by atoms with Crippen molar-refractivity contribution in [2.24, 2.45) is 0 Å². The smallest absolute Gasteiger partial charge is 0.430 e. The Morgan fingerprint density at radius 3 is 2.39 bits per heavy atom. The van der Waals surface area contributed by atoms with E-state index in [9.17, 15) is 9.59 Å². The van der Waals surface area contributed by atoms with Gasteiger partial charge in [0.2, 0.25) is 0 Å². The Kier molecular flexibility index (Phi) is 8.36. The molecule has 0 N–H and O–H groups in total. The maximum Gasteiger partial charge on any atom is 2.00 e. The summed E-state index contributed by atoms with van der Waals surface area (Å²) in [5.74, 6) is 2.93. The number of hydrogen-bond donors (Lipinski definition) is 0. The fourth-order valence-corrected chi connectivity index (χ4v) is 4.09. The number of aryl methyl sites for hydroxylation is 2. The van der Waals surface area contributed by atoms with Crippen LogP contribution in [-0.4, -0.2) is 39.6 Å². The molecule has 0 bridgehead atoms. The van der Waals surface area contributed by atoms with E-state index in [4.69, 9.17) is 14.2 Å². The molecular weight excluding hydrogens is 644 g/mol. The molecule has 5 rings (SSSR count). The molecule has 0 amide bonds. The fraction of sp³-hybridized carbons (Fsp3) is 0.480. The molecule has 1 aliphatic carbocycles. The van der Waals surface area contributed by atoms with E-state index >= 15 is 0 Å². The number of benzene rings is 1. The average molecular weight is 674 g/mol. The first-order chi connectivity index (χ1) is 15.3. The molecule has 7 nitrogen and oxygen atoms in total. The molecule has 2 fully saturated rings. The number of carbonyl (C=O) groups is 1. The Hall–Kier alpha value is -1.75. The normalized spacial score (nSPS) is 17.6. The number of aromatic nitrogens is 3. The minimum absolute atomic E-state index is 0. The van der Waals surface area contributed by atoms with Crippen LogP contribution in [0.2, 0.25) is 0 Å². The summed E-state index contributed by atoms with van der Waals surface area (Å²) in [5, 5.41) is 4.03. The first kappa shape index (κ1) is 25.9. The Morgan fingerprint density at radius 2 is 1.88 bits per heavy atom. The third kappa shape index (κ3) is 5.34. The Balaban J connectivity index is 0.000000569. The molecule has 0 radical (unpaired) electrons. The second kappa shape index (κ2) is 10.7. The summed E-state index contributed by atoms with van der Waals surface area (Å²) in [4.78, 5) is 29.7. The van der Waals surface area contributed by atoms with Crippen molar-refractivity contribution in [3.05, 3.63) is 40.9 Å². The average Bonchev–Trinajstić information content (AvgIpc) is 3.16. The van der Waals surface area contributed by atoms with Crippen molar-refractivity contribution in [1.82, 2.24) is 14.7 Å². The molecule has 3 heterocycles. The fourth-order valence-electron chi connectivity index (χ4n) is 4.09. The summed E-state index contributed by atoms with van der Waals surface area (Å²) in [6, 6.07) is 3.70. The number of carbonyl (C=O) groups excluding carboxylic acids is 2. The minimum Gasteiger partial charge on any atom is -0.430 e. The molecule has 3 aromatic rings. The first-order valence-electron chi connectivity index (χ1n) is 11.1. The largest absolute Gasteiger partial charge is 2.00 e. The number of ether oxygens (including phenoxy) is 1. The molecule has 0 spiro atoms. The Bertz CT molecular complexity index is 1130. The number of imidazole rings is 1. The van der Waals surface area contributed by atoms with Crippen molar-refractivity contribution in [1.29, 1.82) is 0 Å². The van der Waals surface area contributed by atoms with Gasteiger partial charge in [0.1, 0.15) is 18.3 Å². The maximum atomic E-state index is 13.2. The Morgan fingerprint density at radius 1 is 1.18 bits per heavy atom. The van der Waals surface area contributed by atoms with E-state index < -0.39 is 6.10 Å². The molecule has 33 heavy (non-hydrogen) atoms. The van der Waals surface area contributed by atoms with E-state index in [-0.39, 0.29) is 42.8 Å². The van der Waals surface area contributed by atoms with Crippen molar-refractivity contribution in [3.63, 3.8) is 0 Å². The van der Waals surface area contributed by atoms with Gasteiger partial charge in [0.05, 0.1) is 5.69 Å². The molecule has 1 aliphatic heterocycles. The first-order valence-corrected chi connectivity index (χ1v) is 11.1. The summed E-state index contributed by atoms with van der Waals surface area (Å²) in [5.41, 5.74) is 3.96. The third-order valence-corrected chi connectivity index (χ3v) is 5.63. The monoisotopic (exact) mass is 673 g/mol. The third-order valence-electron chi connectivity index (χ3n) is 5.63. The van der Waals surface area contributed by atoms with Gasteiger partial charge in [0, 0.05) is 29.1 Å². The van der Waals surface area contributed by atoms with E-state index in [1.54, 1.807) is 0 Å². The van der Waals surface area contributed by atoms with Crippen molar-refractivity contribution in [2.75, 3.05) is 6.61 Å². The summed E-state index contributed by atoms with van der Waals surface area (Å²) in [6.07, 6.45) is 5.10. The molecule has 1 atom stereocenters. The van der Waals surface area contributed by atoms with Gasteiger partial charge in [-0.2, -0.15) is 20.8 Å². The molecule has 1 unspecified atom stereocenters. The van der Waals surface area contributed by atoms with Gasteiger partial charge in [0.15, 0.2) is 5.78 Å². The van der Waals surface area contributed by atoms with Crippen LogP contribution in [-0.2, 0) is 9.53 Å². The molecule has 1 saturated heterocycles. The quantitative estimate of drug-likeness (QED) is 0.278. The SMILES string of the molecule is C[C-](C)C.Cc1noc(C)c1-c1cc(C(=O)C2CCCO2)c2nc(C3CC3)n([C-]=O)c2c1.[U+2]. The molecule has 1 saturated carbocycles. The van der Waals surface area contributed by atoms with Crippen LogP contribution in [0.3, 0.4) is 0 Å². The van der Waals surface area contributed by atoms with E-state index in [1.807, 2.05) is 32.4 Å². The van der Waals surface area contributed by atoms with Crippen LogP contribution >= 0.6 is 0 Å². The standard InChI is InChI=1S/C21H20N3O4.C4H9.U/c1-11-18(12(2)28-23-11)14-8-15(20(26)17-4-3-7-27-17)19-16(9-14)24(10-25)21(22-19)13-5-6-13;1-4(2)3;/h8-9,13,17H,3-7H2,1-2H3;1-3H3;/q2*-1;+2. The van der Waals surface area contributed by atoms with Gasteiger partial charge in [-0.05, 0) is 49.8 Å². The van der Waals surface area contributed by atoms with E-state index in [2.05, 4.69) is 25.9 Å². The van der Waals surface area contributed by atoms with Crippen molar-refractivity contribution in [2.45, 2.75) is 72.3 Å². The zero-order valence-electron chi connectivity index (χ0n) is 19.8. The summed E-state index contributed by atoms with van der Waals surface area (Å²) in [7, 11) is 0. The van der Waals surface area contributed by atoms with Crippen LogP contribution in [0.15, 0.2) is 16.7 Å². The number of Topliss-reactive ketones (excluding diaryl/α,β-unsaturated/α-hetero) is 1. The van der Waals surface area contributed by atoms with Gasteiger partial charge >= 0.3 is 31.1 Å². The summed E-state index contributed by atoms with van der Waals surface area (Å²) in [6.45, 7) is 10.5. The van der Waals surface area contributed by atoms with E-state index in [1.165, 1.54) is 10.5 Å². The topological polar surface area (TPSA) is 87.2 Å². The Labute approximate surface area is 218 Å². The van der Waals surface area contributed by atoms with Gasteiger partial charge in [-0.1, -0.05) is 24.1 Å². The number of hydrogen-bond acceptors (Lipinski definition) is 6. The molecule has 172 valence electrons. The van der Waals surface area contributed by atoms with Crippen molar-refractivity contribution >= 4 is 23.2 Å². The molecular formula is C25H29N3O4U. The second-order valence-corrected chi connectivity index (χ2v) is 9.13. The zero-order valence-corrected chi connectivity index (χ0v) is 24.0. The second-order valence-electron chi connectivity index (χ2n) is 9.13. The van der Waals surface area contributed by atoms with Gasteiger partial charge in [-0.15, -0.1) is 0 Å². The van der Waals surface area contributed by atoms with Crippen LogP contribution in [0, 0.1) is 50.9 Å².